The number of ether oxygens (including phenoxy) is 1. The molecule has 0 bridgehead atoms. The molecule has 4 rings (SSSR count). The summed E-state index contributed by atoms with van der Waals surface area (Å²) < 4.78 is 21.2. The van der Waals surface area contributed by atoms with E-state index in [1.807, 2.05) is 11.5 Å². The van der Waals surface area contributed by atoms with E-state index in [1.165, 1.54) is 41.8 Å². The van der Waals surface area contributed by atoms with Crippen molar-refractivity contribution in [2.45, 2.75) is 57.0 Å². The van der Waals surface area contributed by atoms with Gasteiger partial charge in [0, 0.05) is 6.54 Å². The van der Waals surface area contributed by atoms with Crippen molar-refractivity contribution in [1.82, 2.24) is 20.1 Å². The number of halogens is 1. The molecule has 1 amide bonds. The average Bonchev–Trinajstić information content (AvgIpc) is 3.23. The topological polar surface area (TPSA) is 69.0 Å². The van der Waals surface area contributed by atoms with Crippen molar-refractivity contribution in [3.05, 3.63) is 83.5 Å². The van der Waals surface area contributed by atoms with Gasteiger partial charge in [0.2, 0.25) is 5.91 Å². The van der Waals surface area contributed by atoms with Crippen LogP contribution in [0.5, 0.6) is 5.75 Å². The summed E-state index contributed by atoms with van der Waals surface area (Å²) in [6.45, 7) is 6.30. The number of rotatable bonds is 10. The number of aromatic nitrogens is 3. The summed E-state index contributed by atoms with van der Waals surface area (Å²) in [5, 5.41) is 12.0. The number of aryl methyl sites for hydroxylation is 2. The first-order chi connectivity index (χ1) is 16.5. The molecule has 2 aromatic carbocycles. The highest BCUT2D eigenvalue weighted by Gasteiger charge is 2.17. The van der Waals surface area contributed by atoms with Crippen molar-refractivity contribution in [3.8, 4) is 5.75 Å². The minimum absolute atomic E-state index is 0.0594. The highest BCUT2D eigenvalue weighted by molar-refractivity contribution is 7.99. The summed E-state index contributed by atoms with van der Waals surface area (Å²) in [7, 11) is 0. The maximum atomic E-state index is 13.8. The molecule has 8 heteroatoms. The van der Waals surface area contributed by atoms with Crippen molar-refractivity contribution in [3.63, 3.8) is 0 Å². The van der Waals surface area contributed by atoms with Crippen LogP contribution in [0.4, 0.5) is 4.39 Å². The summed E-state index contributed by atoms with van der Waals surface area (Å²) in [6.07, 6.45) is 6.46. The molecule has 0 aliphatic heterocycles. The lowest BCUT2D eigenvalue weighted by Gasteiger charge is -2.20. The molecule has 3 aromatic rings. The Morgan fingerprint density at radius 3 is 2.82 bits per heavy atom. The molecule has 0 fully saturated rings. The van der Waals surface area contributed by atoms with Gasteiger partial charge in [-0.25, -0.2) is 4.39 Å². The lowest BCUT2D eigenvalue weighted by Crippen LogP contribution is -2.28. The van der Waals surface area contributed by atoms with Crippen molar-refractivity contribution in [1.29, 1.82) is 0 Å². The van der Waals surface area contributed by atoms with E-state index >= 15 is 0 Å². The van der Waals surface area contributed by atoms with E-state index < -0.39 is 5.82 Å². The molecule has 1 heterocycles. The third-order valence-electron chi connectivity index (χ3n) is 5.88. The van der Waals surface area contributed by atoms with E-state index in [2.05, 4.69) is 40.3 Å². The predicted octanol–water partition coefficient (Wildman–Crippen LogP) is 5.03. The minimum atomic E-state index is -0.434. The lowest BCUT2D eigenvalue weighted by atomic mass is 9.89. The van der Waals surface area contributed by atoms with Gasteiger partial charge in [-0.3, -0.25) is 9.36 Å². The van der Waals surface area contributed by atoms with E-state index in [0.29, 0.717) is 17.5 Å². The number of nitrogens with one attached hydrogen (secondary N) is 1. The first kappa shape index (κ1) is 24.0. The molecule has 1 aliphatic rings. The second-order valence-corrected chi connectivity index (χ2v) is 9.27. The summed E-state index contributed by atoms with van der Waals surface area (Å²) in [6, 6.07) is 12.7. The number of para-hydroxylation sites is 1. The molecule has 0 saturated carbocycles. The van der Waals surface area contributed by atoms with Gasteiger partial charge in [0.05, 0.1) is 11.8 Å². The molecule has 1 aliphatic carbocycles. The van der Waals surface area contributed by atoms with Crippen LogP contribution in [0.2, 0.25) is 0 Å². The first-order valence-electron chi connectivity index (χ1n) is 11.5. The van der Waals surface area contributed by atoms with E-state index in [1.54, 1.807) is 24.3 Å². The van der Waals surface area contributed by atoms with Gasteiger partial charge in [-0.15, -0.1) is 16.8 Å². The van der Waals surface area contributed by atoms with Crippen LogP contribution >= 0.6 is 11.8 Å². The van der Waals surface area contributed by atoms with Gasteiger partial charge in [0.15, 0.2) is 22.5 Å². The van der Waals surface area contributed by atoms with Gasteiger partial charge >= 0.3 is 0 Å². The number of fused-ring (bicyclic) bond motifs is 1. The van der Waals surface area contributed by atoms with E-state index in [9.17, 15) is 9.18 Å². The van der Waals surface area contributed by atoms with Crippen molar-refractivity contribution < 1.29 is 13.9 Å². The normalized spacial score (nSPS) is 13.7. The van der Waals surface area contributed by atoms with Crippen LogP contribution in [-0.2, 0) is 30.8 Å². The molecule has 34 heavy (non-hydrogen) atoms. The molecule has 1 N–H and O–H groups in total. The Kier molecular flexibility index (Phi) is 8.00. The molecule has 1 aromatic heterocycles. The van der Waals surface area contributed by atoms with E-state index in [-0.39, 0.29) is 30.1 Å². The Morgan fingerprint density at radius 2 is 2.03 bits per heavy atom. The Balaban J connectivity index is 1.34. The number of nitrogens with zero attached hydrogens (tertiary/aromatic N) is 3. The average molecular weight is 481 g/mol. The third kappa shape index (κ3) is 5.86. The molecule has 1 unspecified atom stereocenters. The second-order valence-electron chi connectivity index (χ2n) is 8.33. The highest BCUT2D eigenvalue weighted by Crippen LogP contribution is 2.25. The molecule has 6 nitrogen and oxygen atoms in total. The molecular weight excluding hydrogens is 451 g/mol. The monoisotopic (exact) mass is 480 g/mol. The van der Waals surface area contributed by atoms with E-state index in [0.717, 1.165) is 18.4 Å². The number of amides is 1. The maximum Gasteiger partial charge on any atom is 0.230 e. The van der Waals surface area contributed by atoms with Crippen LogP contribution in [-0.4, -0.2) is 26.4 Å². The Morgan fingerprint density at radius 1 is 1.24 bits per heavy atom. The largest absolute Gasteiger partial charge is 0.483 e. The molecule has 0 radical (unpaired) electrons. The number of allylic oxidation sites excluding steroid dienone is 1. The zero-order valence-corrected chi connectivity index (χ0v) is 20.1. The second kappa shape index (κ2) is 11.3. The molecular formula is C26H29FN4O2S. The fourth-order valence-corrected chi connectivity index (χ4v) is 4.85. The molecule has 0 saturated heterocycles. The predicted molar refractivity (Wildman–Crippen MR) is 131 cm³/mol. The van der Waals surface area contributed by atoms with Crippen molar-refractivity contribution in [2.75, 3.05) is 5.75 Å². The number of hydrogen-bond acceptors (Lipinski definition) is 5. The van der Waals surface area contributed by atoms with E-state index in [4.69, 9.17) is 4.74 Å². The molecule has 178 valence electrons. The number of thioether (sulfide) groups is 1. The number of benzene rings is 2. The fourth-order valence-electron chi connectivity index (χ4n) is 4.07. The Labute approximate surface area is 203 Å². The van der Waals surface area contributed by atoms with Gasteiger partial charge in [-0.05, 0) is 61.4 Å². The van der Waals surface area contributed by atoms with Crippen LogP contribution in [0, 0.1) is 5.82 Å². The number of carbonyl (C=O) groups excluding carboxylic acids is 1. The van der Waals surface area contributed by atoms with Gasteiger partial charge in [-0.1, -0.05) is 48.2 Å². The van der Waals surface area contributed by atoms with Gasteiger partial charge in [0.25, 0.3) is 0 Å². The number of hydrogen-bond donors (Lipinski definition) is 1. The van der Waals surface area contributed by atoms with Crippen LogP contribution in [0.15, 0.2) is 60.3 Å². The van der Waals surface area contributed by atoms with Crippen LogP contribution in [0.3, 0.4) is 0 Å². The fraction of sp³-hybridized carbons (Fsp3) is 0.346. The first-order valence-corrected chi connectivity index (χ1v) is 12.5. The molecule has 1 atom stereocenters. The summed E-state index contributed by atoms with van der Waals surface area (Å²) in [4.78, 5) is 12.6. The minimum Gasteiger partial charge on any atom is -0.483 e. The smallest absolute Gasteiger partial charge is 0.230 e. The standard InChI is InChI=1S/C26H29FN4O2S/c1-3-14-31-24(16-33-23-11-7-6-10-22(23)27)29-30-26(31)34-17-25(32)28-18(2)20-13-12-19-8-4-5-9-21(19)15-20/h3,6-7,10-13,15,18H,1,4-5,8-9,14,16-17H2,2H3,(H,28,32). The van der Waals surface area contributed by atoms with Crippen molar-refractivity contribution >= 4 is 17.7 Å². The molecule has 0 spiro atoms. The zero-order valence-electron chi connectivity index (χ0n) is 19.3. The summed E-state index contributed by atoms with van der Waals surface area (Å²) >= 11 is 1.30. The van der Waals surface area contributed by atoms with Crippen LogP contribution in [0.25, 0.3) is 0 Å². The maximum absolute atomic E-state index is 13.8. The Bertz CT molecular complexity index is 1160. The summed E-state index contributed by atoms with van der Waals surface area (Å²) in [5.41, 5.74) is 3.96. The van der Waals surface area contributed by atoms with Gasteiger partial charge in [0.1, 0.15) is 6.61 Å². The Hall–Kier alpha value is -3.13. The van der Waals surface area contributed by atoms with Crippen molar-refractivity contribution in [2.24, 2.45) is 0 Å². The highest BCUT2D eigenvalue weighted by atomic mass is 32.2. The third-order valence-corrected chi connectivity index (χ3v) is 6.85. The van der Waals surface area contributed by atoms with Crippen LogP contribution in [0.1, 0.15) is 48.3 Å². The number of carbonyl (C=O) groups is 1. The lowest BCUT2D eigenvalue weighted by molar-refractivity contribution is -0.119. The van der Waals surface area contributed by atoms with Gasteiger partial charge in [-0.2, -0.15) is 0 Å². The van der Waals surface area contributed by atoms with Gasteiger partial charge < -0.3 is 10.1 Å². The quantitative estimate of drug-likeness (QED) is 0.326. The SMILES string of the molecule is C=CCn1c(COc2ccccc2F)nnc1SCC(=O)NC(C)c1ccc2c(c1)CCCC2. The zero-order chi connectivity index (χ0) is 23.9. The van der Waals surface area contributed by atoms with Crippen LogP contribution < -0.4 is 10.1 Å². The summed E-state index contributed by atoms with van der Waals surface area (Å²) in [5.74, 6) is 0.386.